The Labute approximate surface area is 97.0 Å². The van der Waals surface area contributed by atoms with Gasteiger partial charge in [-0.1, -0.05) is 26.2 Å². The van der Waals surface area contributed by atoms with Crippen LogP contribution in [-0.4, -0.2) is 16.5 Å². The van der Waals surface area contributed by atoms with Gasteiger partial charge in [-0.2, -0.15) is 0 Å². The van der Waals surface area contributed by atoms with E-state index in [4.69, 9.17) is 0 Å². The minimum Gasteiger partial charge on any atom is -0.348 e. The van der Waals surface area contributed by atoms with Crippen LogP contribution in [0.3, 0.4) is 0 Å². The average Bonchev–Trinajstić information content (AvgIpc) is 2.80. The molecule has 3 rings (SSSR count). The Kier molecular flexibility index (Phi) is 2.51. The highest BCUT2D eigenvalue weighted by molar-refractivity contribution is 5.27. The maximum Gasteiger partial charge on any atom is 0.0926 e. The number of nitrogens with zero attached hydrogens (tertiary/aromatic N) is 1. The van der Waals surface area contributed by atoms with E-state index in [1.165, 1.54) is 43.5 Å². The first-order valence-electron chi connectivity index (χ1n) is 6.64. The molecule has 2 unspecified atom stereocenters. The van der Waals surface area contributed by atoms with Gasteiger partial charge in [-0.05, 0) is 18.8 Å². The predicted octanol–water partition coefficient (Wildman–Crippen LogP) is 2.35. The number of imidazole rings is 1. The maximum atomic E-state index is 4.61. The Morgan fingerprint density at radius 1 is 1.50 bits per heavy atom. The van der Waals surface area contributed by atoms with Crippen LogP contribution in [0, 0.1) is 5.92 Å². The summed E-state index contributed by atoms with van der Waals surface area (Å²) in [5.41, 5.74) is 2.89. The first-order valence-corrected chi connectivity index (χ1v) is 6.64. The fourth-order valence-electron chi connectivity index (χ4n) is 3.73. The van der Waals surface area contributed by atoms with Crippen molar-refractivity contribution in [2.75, 3.05) is 6.54 Å². The second-order valence-corrected chi connectivity index (χ2v) is 5.23. The molecule has 3 heteroatoms. The molecule has 0 amide bonds. The molecule has 1 aromatic rings. The Morgan fingerprint density at radius 2 is 2.44 bits per heavy atom. The van der Waals surface area contributed by atoms with Crippen LogP contribution in [0.4, 0.5) is 0 Å². The third-order valence-electron chi connectivity index (χ3n) is 4.52. The molecular formula is C13H21N3. The molecule has 2 aliphatic rings. The monoisotopic (exact) mass is 219 g/mol. The van der Waals surface area contributed by atoms with E-state index in [0.29, 0.717) is 0 Å². The molecular weight excluding hydrogens is 198 g/mol. The van der Waals surface area contributed by atoms with E-state index in [-0.39, 0.29) is 5.54 Å². The summed E-state index contributed by atoms with van der Waals surface area (Å²) in [7, 11) is 0. The van der Waals surface area contributed by atoms with Gasteiger partial charge in [0.05, 0.1) is 17.6 Å². The smallest absolute Gasteiger partial charge is 0.0926 e. The van der Waals surface area contributed by atoms with Gasteiger partial charge in [0, 0.05) is 18.7 Å². The summed E-state index contributed by atoms with van der Waals surface area (Å²) in [5.74, 6) is 0.767. The third kappa shape index (κ3) is 1.34. The van der Waals surface area contributed by atoms with Gasteiger partial charge in [-0.3, -0.25) is 0 Å². The summed E-state index contributed by atoms with van der Waals surface area (Å²) in [4.78, 5) is 7.94. The molecule has 2 N–H and O–H groups in total. The largest absolute Gasteiger partial charge is 0.348 e. The van der Waals surface area contributed by atoms with Crippen LogP contribution in [-0.2, 0) is 12.0 Å². The summed E-state index contributed by atoms with van der Waals surface area (Å²) in [6, 6.07) is 0. The van der Waals surface area contributed by atoms with Gasteiger partial charge in [-0.25, -0.2) is 4.98 Å². The first-order chi connectivity index (χ1) is 7.87. The minimum atomic E-state index is 0.195. The molecule has 0 aromatic carbocycles. The fraction of sp³-hybridized carbons (Fsp3) is 0.769. The van der Waals surface area contributed by atoms with Crippen molar-refractivity contribution in [2.24, 2.45) is 5.92 Å². The van der Waals surface area contributed by atoms with Crippen molar-refractivity contribution in [1.29, 1.82) is 0 Å². The summed E-state index contributed by atoms with van der Waals surface area (Å²) in [6.07, 6.45) is 9.60. The summed E-state index contributed by atoms with van der Waals surface area (Å²) >= 11 is 0. The highest BCUT2D eigenvalue weighted by Gasteiger charge is 2.45. The number of hydrogen-bond acceptors (Lipinski definition) is 2. The second-order valence-electron chi connectivity index (χ2n) is 5.23. The Balaban J connectivity index is 2.04. The van der Waals surface area contributed by atoms with Crippen LogP contribution >= 0.6 is 0 Å². The van der Waals surface area contributed by atoms with Gasteiger partial charge in [0.2, 0.25) is 0 Å². The molecule has 0 bridgehead atoms. The van der Waals surface area contributed by atoms with Crippen molar-refractivity contribution < 1.29 is 0 Å². The van der Waals surface area contributed by atoms with Crippen LogP contribution in [0.1, 0.15) is 50.4 Å². The van der Waals surface area contributed by atoms with E-state index < -0.39 is 0 Å². The molecule has 1 aromatic heterocycles. The van der Waals surface area contributed by atoms with Crippen LogP contribution < -0.4 is 5.32 Å². The normalized spacial score (nSPS) is 33.9. The SMILES string of the molecule is CCC1CCCCC12NCCc1[nH]cnc12. The van der Waals surface area contributed by atoms with E-state index in [1.807, 2.05) is 6.33 Å². The predicted molar refractivity (Wildman–Crippen MR) is 64.2 cm³/mol. The standard InChI is InChI=1S/C13H21N3/c1-2-10-5-3-4-7-13(10)12-11(6-8-16-13)14-9-15-12/h9-10,16H,2-8H2,1H3,(H,14,15). The number of H-pyrrole nitrogens is 1. The number of nitrogens with one attached hydrogen (secondary N) is 2. The lowest BCUT2D eigenvalue weighted by molar-refractivity contribution is 0.123. The molecule has 0 radical (unpaired) electrons. The average molecular weight is 219 g/mol. The maximum absolute atomic E-state index is 4.61. The quantitative estimate of drug-likeness (QED) is 0.761. The molecule has 0 saturated heterocycles. The summed E-state index contributed by atoms with van der Waals surface area (Å²) in [6.45, 7) is 3.42. The van der Waals surface area contributed by atoms with Crippen LogP contribution in [0.2, 0.25) is 0 Å². The van der Waals surface area contributed by atoms with E-state index in [0.717, 1.165) is 18.9 Å². The zero-order valence-corrected chi connectivity index (χ0v) is 10.1. The summed E-state index contributed by atoms with van der Waals surface area (Å²) < 4.78 is 0. The van der Waals surface area contributed by atoms with Gasteiger partial charge in [0.25, 0.3) is 0 Å². The van der Waals surface area contributed by atoms with Crippen molar-refractivity contribution in [1.82, 2.24) is 15.3 Å². The van der Waals surface area contributed by atoms with Crippen LogP contribution in [0.5, 0.6) is 0 Å². The molecule has 3 nitrogen and oxygen atoms in total. The third-order valence-corrected chi connectivity index (χ3v) is 4.52. The molecule has 1 saturated carbocycles. The Bertz CT molecular complexity index is 371. The number of fused-ring (bicyclic) bond motifs is 2. The van der Waals surface area contributed by atoms with E-state index in [2.05, 4.69) is 22.2 Å². The molecule has 2 atom stereocenters. The highest BCUT2D eigenvalue weighted by atomic mass is 15.1. The van der Waals surface area contributed by atoms with Gasteiger partial charge in [0.15, 0.2) is 0 Å². The lowest BCUT2D eigenvalue weighted by atomic mass is 9.68. The van der Waals surface area contributed by atoms with Crippen molar-refractivity contribution in [3.8, 4) is 0 Å². The fourth-order valence-corrected chi connectivity index (χ4v) is 3.73. The molecule has 1 aliphatic heterocycles. The molecule has 1 fully saturated rings. The first kappa shape index (κ1) is 10.3. The second kappa shape index (κ2) is 3.88. The summed E-state index contributed by atoms with van der Waals surface area (Å²) in [5, 5.41) is 3.80. The van der Waals surface area contributed by atoms with Crippen LogP contribution in [0.25, 0.3) is 0 Å². The topological polar surface area (TPSA) is 40.7 Å². The highest BCUT2D eigenvalue weighted by Crippen LogP contribution is 2.44. The van der Waals surface area contributed by atoms with Gasteiger partial charge >= 0.3 is 0 Å². The van der Waals surface area contributed by atoms with E-state index in [1.54, 1.807) is 0 Å². The molecule has 1 spiro atoms. The Hall–Kier alpha value is -0.830. The van der Waals surface area contributed by atoms with Crippen molar-refractivity contribution in [3.05, 3.63) is 17.7 Å². The molecule has 16 heavy (non-hydrogen) atoms. The van der Waals surface area contributed by atoms with E-state index >= 15 is 0 Å². The van der Waals surface area contributed by atoms with Crippen molar-refractivity contribution in [3.63, 3.8) is 0 Å². The number of aromatic nitrogens is 2. The zero-order chi connectivity index (χ0) is 11.0. The Morgan fingerprint density at radius 3 is 3.31 bits per heavy atom. The number of hydrogen-bond donors (Lipinski definition) is 2. The van der Waals surface area contributed by atoms with E-state index in [9.17, 15) is 0 Å². The van der Waals surface area contributed by atoms with Crippen molar-refractivity contribution in [2.45, 2.75) is 51.0 Å². The minimum absolute atomic E-state index is 0.195. The molecule has 88 valence electrons. The number of rotatable bonds is 1. The number of aromatic amines is 1. The van der Waals surface area contributed by atoms with Gasteiger partial charge in [-0.15, -0.1) is 0 Å². The molecule has 2 heterocycles. The van der Waals surface area contributed by atoms with Crippen molar-refractivity contribution >= 4 is 0 Å². The van der Waals surface area contributed by atoms with Crippen LogP contribution in [0.15, 0.2) is 6.33 Å². The lowest BCUT2D eigenvalue weighted by Crippen LogP contribution is -2.54. The lowest BCUT2D eigenvalue weighted by Gasteiger charge is -2.46. The zero-order valence-electron chi connectivity index (χ0n) is 10.1. The molecule has 1 aliphatic carbocycles. The van der Waals surface area contributed by atoms with Gasteiger partial charge in [0.1, 0.15) is 0 Å². The van der Waals surface area contributed by atoms with Gasteiger partial charge < -0.3 is 10.3 Å².